The number of aromatic nitrogens is 3. The van der Waals surface area contributed by atoms with Crippen molar-refractivity contribution in [1.82, 2.24) is 24.3 Å². The number of nitrogens with zero attached hydrogens (tertiary/aromatic N) is 5. The van der Waals surface area contributed by atoms with Gasteiger partial charge in [-0.2, -0.15) is 0 Å². The van der Waals surface area contributed by atoms with Crippen molar-refractivity contribution in [2.45, 2.75) is 45.4 Å². The summed E-state index contributed by atoms with van der Waals surface area (Å²) in [6, 6.07) is 4.05. The number of rotatable bonds is 6. The maximum Gasteiger partial charge on any atom is 0.223 e. The molecule has 25 heavy (non-hydrogen) atoms. The Labute approximate surface area is 148 Å². The van der Waals surface area contributed by atoms with Crippen molar-refractivity contribution in [2.24, 2.45) is 5.92 Å². The summed E-state index contributed by atoms with van der Waals surface area (Å²) in [5.74, 6) is 1.96. The zero-order valence-electron chi connectivity index (χ0n) is 14.8. The third kappa shape index (κ3) is 4.07. The molecule has 132 valence electrons. The third-order valence-electron chi connectivity index (χ3n) is 4.97. The molecule has 0 aromatic carbocycles. The first kappa shape index (κ1) is 16.3. The van der Waals surface area contributed by atoms with Crippen molar-refractivity contribution in [3.05, 3.63) is 47.8 Å². The molecule has 1 aliphatic heterocycles. The highest BCUT2D eigenvalue weighted by Gasteiger charge is 2.29. The number of carbonyl (C=O) groups is 1. The Bertz CT molecular complexity index is 738. The van der Waals surface area contributed by atoms with Crippen LogP contribution < -0.4 is 0 Å². The molecule has 4 rings (SSSR count). The van der Waals surface area contributed by atoms with E-state index >= 15 is 0 Å². The molecule has 2 aromatic rings. The number of fused-ring (bicyclic) bond motifs is 1. The van der Waals surface area contributed by atoms with E-state index in [9.17, 15) is 4.79 Å². The molecule has 2 aromatic heterocycles. The molecule has 0 spiro atoms. The first-order chi connectivity index (χ1) is 12.2. The number of amides is 1. The van der Waals surface area contributed by atoms with E-state index in [1.807, 2.05) is 17.2 Å². The fraction of sp³-hybridized carbons (Fsp3) is 0.526. The standard InChI is InChI=1S/C19H25N5O/c1-22(11-16-3-2-6-20-10-16)12-17-13-23-7-8-24(14-18(23)21-17)19(25)9-15-4-5-15/h2-3,6,10,13,15H,4-5,7-9,11-12,14H2,1H3. The Balaban J connectivity index is 1.35. The second-order valence-electron chi connectivity index (χ2n) is 7.34. The van der Waals surface area contributed by atoms with Gasteiger partial charge in [0.2, 0.25) is 5.91 Å². The quantitative estimate of drug-likeness (QED) is 0.808. The van der Waals surface area contributed by atoms with Gasteiger partial charge in [0.05, 0.1) is 12.2 Å². The van der Waals surface area contributed by atoms with Crippen LogP contribution in [0.1, 0.15) is 36.3 Å². The maximum atomic E-state index is 12.3. The fourth-order valence-corrected chi connectivity index (χ4v) is 3.43. The van der Waals surface area contributed by atoms with E-state index in [-0.39, 0.29) is 0 Å². The SMILES string of the molecule is CN(Cc1cccnc1)Cc1cn2c(n1)CN(C(=O)CC1CC1)CC2. The molecule has 6 nitrogen and oxygen atoms in total. The van der Waals surface area contributed by atoms with E-state index in [1.54, 1.807) is 6.20 Å². The summed E-state index contributed by atoms with van der Waals surface area (Å²) >= 11 is 0. The van der Waals surface area contributed by atoms with Gasteiger partial charge in [-0.25, -0.2) is 4.98 Å². The molecule has 0 atom stereocenters. The molecule has 0 unspecified atom stereocenters. The van der Waals surface area contributed by atoms with Crippen molar-refractivity contribution in [3.8, 4) is 0 Å². The van der Waals surface area contributed by atoms with E-state index in [4.69, 9.17) is 4.98 Å². The minimum absolute atomic E-state index is 0.298. The summed E-state index contributed by atoms with van der Waals surface area (Å²) in [4.78, 5) is 25.5. The van der Waals surface area contributed by atoms with Crippen molar-refractivity contribution in [3.63, 3.8) is 0 Å². The Morgan fingerprint density at radius 3 is 2.96 bits per heavy atom. The van der Waals surface area contributed by atoms with Crippen LogP contribution in [0, 0.1) is 5.92 Å². The van der Waals surface area contributed by atoms with E-state index in [0.29, 0.717) is 18.4 Å². The Hall–Kier alpha value is -2.21. The first-order valence-corrected chi connectivity index (χ1v) is 9.07. The summed E-state index contributed by atoms with van der Waals surface area (Å²) in [5, 5.41) is 0. The van der Waals surface area contributed by atoms with Crippen molar-refractivity contribution < 1.29 is 4.79 Å². The highest BCUT2D eigenvalue weighted by Crippen LogP contribution is 2.33. The second-order valence-corrected chi connectivity index (χ2v) is 7.34. The molecule has 6 heteroatoms. The van der Waals surface area contributed by atoms with Crippen LogP contribution in [-0.4, -0.2) is 43.8 Å². The summed E-state index contributed by atoms with van der Waals surface area (Å²) in [5.41, 5.74) is 2.27. The second kappa shape index (κ2) is 6.96. The molecule has 0 bridgehead atoms. The zero-order chi connectivity index (χ0) is 17.2. The van der Waals surface area contributed by atoms with Crippen LogP contribution in [0.5, 0.6) is 0 Å². The van der Waals surface area contributed by atoms with Crippen molar-refractivity contribution in [2.75, 3.05) is 13.6 Å². The summed E-state index contributed by atoms with van der Waals surface area (Å²) in [6.45, 7) is 3.95. The Kier molecular flexibility index (Phi) is 4.53. The smallest absolute Gasteiger partial charge is 0.223 e. The van der Waals surface area contributed by atoms with E-state index < -0.39 is 0 Å². The Morgan fingerprint density at radius 1 is 1.32 bits per heavy atom. The lowest BCUT2D eigenvalue weighted by Crippen LogP contribution is -2.38. The molecule has 3 heterocycles. The van der Waals surface area contributed by atoms with Crippen molar-refractivity contribution >= 4 is 5.91 Å². The third-order valence-corrected chi connectivity index (χ3v) is 4.97. The normalized spacial score (nSPS) is 17.0. The highest BCUT2D eigenvalue weighted by molar-refractivity contribution is 5.76. The van der Waals surface area contributed by atoms with Crippen LogP contribution in [0.25, 0.3) is 0 Å². The van der Waals surface area contributed by atoms with Gasteiger partial charge in [-0.3, -0.25) is 14.7 Å². The topological polar surface area (TPSA) is 54.3 Å². The van der Waals surface area contributed by atoms with Gasteiger partial charge in [0.1, 0.15) is 5.82 Å². The Morgan fingerprint density at radius 2 is 2.20 bits per heavy atom. The van der Waals surface area contributed by atoms with Gasteiger partial charge < -0.3 is 9.47 Å². The maximum absolute atomic E-state index is 12.3. The van der Waals surface area contributed by atoms with Gasteiger partial charge in [0.15, 0.2) is 0 Å². The van der Waals surface area contributed by atoms with Crippen LogP contribution in [0.3, 0.4) is 0 Å². The van der Waals surface area contributed by atoms with Crippen LogP contribution in [0.2, 0.25) is 0 Å². The molecule has 1 saturated carbocycles. The molecule has 0 N–H and O–H groups in total. The number of pyridine rings is 1. The average Bonchev–Trinajstić information content (AvgIpc) is 3.32. The summed E-state index contributed by atoms with van der Waals surface area (Å²) in [6.07, 6.45) is 9.00. The summed E-state index contributed by atoms with van der Waals surface area (Å²) in [7, 11) is 2.09. The lowest BCUT2D eigenvalue weighted by molar-refractivity contribution is -0.133. The van der Waals surface area contributed by atoms with E-state index in [0.717, 1.165) is 44.1 Å². The van der Waals surface area contributed by atoms with Gasteiger partial charge in [-0.05, 0) is 37.4 Å². The molecule has 0 saturated heterocycles. The lowest BCUT2D eigenvalue weighted by atomic mass is 10.2. The number of hydrogen-bond donors (Lipinski definition) is 0. The van der Waals surface area contributed by atoms with Gasteiger partial charge in [0, 0.05) is 51.2 Å². The predicted octanol–water partition coefficient (Wildman–Crippen LogP) is 2.05. The molecular formula is C19H25N5O. The number of imidazole rings is 1. The first-order valence-electron chi connectivity index (χ1n) is 9.07. The zero-order valence-corrected chi connectivity index (χ0v) is 14.8. The van der Waals surface area contributed by atoms with E-state index in [1.165, 1.54) is 18.4 Å². The molecule has 0 radical (unpaired) electrons. The fourth-order valence-electron chi connectivity index (χ4n) is 3.43. The van der Waals surface area contributed by atoms with E-state index in [2.05, 4.69) is 33.8 Å². The highest BCUT2D eigenvalue weighted by atomic mass is 16.2. The van der Waals surface area contributed by atoms with Crippen LogP contribution in [0.4, 0.5) is 0 Å². The largest absolute Gasteiger partial charge is 0.333 e. The predicted molar refractivity (Wildman–Crippen MR) is 94.4 cm³/mol. The van der Waals surface area contributed by atoms with Crippen LogP contribution in [-0.2, 0) is 31.0 Å². The minimum Gasteiger partial charge on any atom is -0.333 e. The van der Waals surface area contributed by atoms with Crippen molar-refractivity contribution in [1.29, 1.82) is 0 Å². The van der Waals surface area contributed by atoms with Crippen LogP contribution in [0.15, 0.2) is 30.7 Å². The lowest BCUT2D eigenvalue weighted by Gasteiger charge is -2.27. The minimum atomic E-state index is 0.298. The van der Waals surface area contributed by atoms with Gasteiger partial charge in [0.25, 0.3) is 0 Å². The molecule has 1 amide bonds. The van der Waals surface area contributed by atoms with Gasteiger partial charge in [-0.15, -0.1) is 0 Å². The van der Waals surface area contributed by atoms with Gasteiger partial charge >= 0.3 is 0 Å². The molecule has 2 aliphatic rings. The monoisotopic (exact) mass is 339 g/mol. The average molecular weight is 339 g/mol. The molecule has 1 fully saturated rings. The molecular weight excluding hydrogens is 314 g/mol. The molecule has 1 aliphatic carbocycles. The number of hydrogen-bond acceptors (Lipinski definition) is 4. The number of carbonyl (C=O) groups excluding carboxylic acids is 1. The van der Waals surface area contributed by atoms with Gasteiger partial charge in [-0.1, -0.05) is 6.07 Å². The summed E-state index contributed by atoms with van der Waals surface area (Å²) < 4.78 is 2.20. The van der Waals surface area contributed by atoms with Crippen LogP contribution >= 0.6 is 0 Å².